The van der Waals surface area contributed by atoms with Gasteiger partial charge in [0, 0.05) is 13.1 Å². The highest BCUT2D eigenvalue weighted by molar-refractivity contribution is 7.20. The van der Waals surface area contributed by atoms with Crippen LogP contribution < -0.4 is 4.90 Å². The average molecular weight is 379 g/mol. The van der Waals surface area contributed by atoms with E-state index in [1.54, 1.807) is 6.92 Å². The van der Waals surface area contributed by atoms with Crippen LogP contribution in [0.2, 0.25) is 0 Å². The summed E-state index contributed by atoms with van der Waals surface area (Å²) in [6.07, 6.45) is -0.0184. The van der Waals surface area contributed by atoms with Gasteiger partial charge in [-0.05, 0) is 19.4 Å². The number of methoxy groups -OCH3 is 1. The standard InChI is InChI=1S/C17H21N3O5S/c1-4-25-17(22)14-10(2)13-15(20-5-7-24-8-6-20)18-11(9-12(21)23-3)19-16(13)26-14/h4-9H2,1-3H3. The first-order valence-electron chi connectivity index (χ1n) is 8.41. The lowest BCUT2D eigenvalue weighted by Gasteiger charge is -2.28. The maximum atomic E-state index is 12.3. The molecule has 0 radical (unpaired) electrons. The van der Waals surface area contributed by atoms with Crippen LogP contribution in [0.3, 0.4) is 0 Å². The van der Waals surface area contributed by atoms with Crippen molar-refractivity contribution in [3.8, 4) is 0 Å². The zero-order chi connectivity index (χ0) is 18.7. The van der Waals surface area contributed by atoms with E-state index in [1.807, 2.05) is 6.92 Å². The third-order valence-corrected chi connectivity index (χ3v) is 5.28. The van der Waals surface area contributed by atoms with E-state index < -0.39 is 5.97 Å². The van der Waals surface area contributed by atoms with Crippen molar-refractivity contribution >= 4 is 39.3 Å². The number of ether oxygens (including phenoxy) is 3. The fourth-order valence-corrected chi connectivity index (χ4v) is 3.92. The summed E-state index contributed by atoms with van der Waals surface area (Å²) in [5, 5.41) is 0.827. The van der Waals surface area contributed by atoms with Crippen LogP contribution in [-0.2, 0) is 25.4 Å². The van der Waals surface area contributed by atoms with Crippen molar-refractivity contribution in [1.82, 2.24) is 9.97 Å². The SMILES string of the molecule is CCOC(=O)c1sc2nc(CC(=O)OC)nc(N3CCOCC3)c2c1C. The molecule has 8 nitrogen and oxygen atoms in total. The van der Waals surface area contributed by atoms with Crippen molar-refractivity contribution in [2.75, 3.05) is 44.9 Å². The number of rotatable bonds is 5. The third-order valence-electron chi connectivity index (χ3n) is 4.12. The molecule has 0 N–H and O–H groups in total. The first-order valence-corrected chi connectivity index (χ1v) is 9.23. The highest BCUT2D eigenvalue weighted by Crippen LogP contribution is 2.36. The second-order valence-corrected chi connectivity index (χ2v) is 6.77. The molecule has 3 rings (SSSR count). The summed E-state index contributed by atoms with van der Waals surface area (Å²) in [5.74, 6) is 0.329. The fraction of sp³-hybridized carbons (Fsp3) is 0.529. The zero-order valence-corrected chi connectivity index (χ0v) is 15.9. The number of thiophene rings is 1. The quantitative estimate of drug-likeness (QED) is 0.726. The van der Waals surface area contributed by atoms with Gasteiger partial charge in [-0.1, -0.05) is 0 Å². The van der Waals surface area contributed by atoms with Crippen LogP contribution in [0.4, 0.5) is 5.82 Å². The Bertz CT molecular complexity index is 829. The molecular formula is C17H21N3O5S. The number of morpholine rings is 1. The van der Waals surface area contributed by atoms with E-state index in [0.29, 0.717) is 48.4 Å². The number of carbonyl (C=O) groups excluding carboxylic acids is 2. The number of hydrogen-bond donors (Lipinski definition) is 0. The van der Waals surface area contributed by atoms with E-state index in [2.05, 4.69) is 14.9 Å². The van der Waals surface area contributed by atoms with E-state index in [4.69, 9.17) is 14.2 Å². The number of aromatic nitrogens is 2. The minimum absolute atomic E-state index is 0.0184. The summed E-state index contributed by atoms with van der Waals surface area (Å²) < 4.78 is 15.3. The zero-order valence-electron chi connectivity index (χ0n) is 15.0. The second-order valence-electron chi connectivity index (χ2n) is 5.77. The summed E-state index contributed by atoms with van der Waals surface area (Å²) in [6.45, 7) is 6.54. The lowest BCUT2D eigenvalue weighted by molar-refractivity contribution is -0.139. The first-order chi connectivity index (χ1) is 12.5. The van der Waals surface area contributed by atoms with Crippen LogP contribution in [-0.4, -0.2) is 61.9 Å². The molecular weight excluding hydrogens is 358 g/mol. The van der Waals surface area contributed by atoms with E-state index in [-0.39, 0.29) is 12.4 Å². The molecule has 0 amide bonds. The number of fused-ring (bicyclic) bond motifs is 1. The largest absolute Gasteiger partial charge is 0.469 e. The Morgan fingerprint density at radius 1 is 1.27 bits per heavy atom. The molecule has 0 aliphatic carbocycles. The summed E-state index contributed by atoms with van der Waals surface area (Å²) in [7, 11) is 1.33. The molecule has 0 unspecified atom stereocenters. The lowest BCUT2D eigenvalue weighted by atomic mass is 10.2. The Morgan fingerprint density at radius 3 is 2.65 bits per heavy atom. The molecule has 0 atom stereocenters. The fourth-order valence-electron chi connectivity index (χ4n) is 2.84. The predicted octanol–water partition coefficient (Wildman–Crippen LogP) is 1.73. The Labute approximate surface area is 155 Å². The third kappa shape index (κ3) is 3.63. The number of esters is 2. The van der Waals surface area contributed by atoms with Crippen molar-refractivity contribution in [3.63, 3.8) is 0 Å². The molecule has 1 saturated heterocycles. The Hall–Kier alpha value is -2.26. The number of nitrogens with zero attached hydrogens (tertiary/aromatic N) is 3. The first kappa shape index (κ1) is 18.5. The highest BCUT2D eigenvalue weighted by Gasteiger charge is 2.25. The smallest absolute Gasteiger partial charge is 0.348 e. The van der Waals surface area contributed by atoms with Crippen LogP contribution in [0.1, 0.15) is 28.0 Å². The molecule has 0 saturated carbocycles. The van der Waals surface area contributed by atoms with Crippen LogP contribution in [0, 0.1) is 6.92 Å². The molecule has 2 aromatic rings. The van der Waals surface area contributed by atoms with E-state index in [0.717, 1.165) is 16.8 Å². The topological polar surface area (TPSA) is 90.8 Å². The molecule has 9 heteroatoms. The Balaban J connectivity index is 2.12. The van der Waals surface area contributed by atoms with E-state index in [1.165, 1.54) is 18.4 Å². The molecule has 0 aromatic carbocycles. The van der Waals surface area contributed by atoms with Crippen LogP contribution in [0.15, 0.2) is 0 Å². The van der Waals surface area contributed by atoms with Crippen molar-refractivity contribution in [3.05, 3.63) is 16.3 Å². The van der Waals surface area contributed by atoms with Gasteiger partial charge >= 0.3 is 11.9 Å². The number of aryl methyl sites for hydroxylation is 1. The number of hydrogen-bond acceptors (Lipinski definition) is 9. The van der Waals surface area contributed by atoms with Gasteiger partial charge in [0.05, 0.1) is 32.3 Å². The van der Waals surface area contributed by atoms with Crippen LogP contribution >= 0.6 is 11.3 Å². The lowest BCUT2D eigenvalue weighted by Crippen LogP contribution is -2.37. The molecule has 1 fully saturated rings. The molecule has 140 valence electrons. The van der Waals surface area contributed by atoms with Gasteiger partial charge in [-0.15, -0.1) is 11.3 Å². The minimum Gasteiger partial charge on any atom is -0.469 e. The average Bonchev–Trinajstić information content (AvgIpc) is 2.98. The maximum absolute atomic E-state index is 12.3. The van der Waals surface area contributed by atoms with Crippen LogP contribution in [0.5, 0.6) is 0 Å². The molecule has 1 aliphatic heterocycles. The monoisotopic (exact) mass is 379 g/mol. The van der Waals surface area contributed by atoms with Crippen LogP contribution in [0.25, 0.3) is 10.2 Å². The predicted molar refractivity (Wildman–Crippen MR) is 96.9 cm³/mol. The van der Waals surface area contributed by atoms with Crippen molar-refractivity contribution in [2.24, 2.45) is 0 Å². The van der Waals surface area contributed by atoms with Gasteiger partial charge in [-0.2, -0.15) is 0 Å². The van der Waals surface area contributed by atoms with Crippen molar-refractivity contribution in [1.29, 1.82) is 0 Å². The number of carbonyl (C=O) groups is 2. The molecule has 2 aromatic heterocycles. The highest BCUT2D eigenvalue weighted by atomic mass is 32.1. The molecule has 0 bridgehead atoms. The van der Waals surface area contributed by atoms with Gasteiger partial charge in [0.25, 0.3) is 0 Å². The second kappa shape index (κ2) is 7.96. The van der Waals surface area contributed by atoms with E-state index in [9.17, 15) is 9.59 Å². The van der Waals surface area contributed by atoms with Gasteiger partial charge in [0.1, 0.15) is 27.8 Å². The van der Waals surface area contributed by atoms with Gasteiger partial charge < -0.3 is 19.1 Å². The van der Waals surface area contributed by atoms with Crippen molar-refractivity contribution in [2.45, 2.75) is 20.3 Å². The normalized spacial score (nSPS) is 14.5. The molecule has 1 aliphatic rings. The minimum atomic E-state index is -0.406. The summed E-state index contributed by atoms with van der Waals surface area (Å²) >= 11 is 1.26. The molecule has 3 heterocycles. The number of anilines is 1. The van der Waals surface area contributed by atoms with Gasteiger partial charge in [0.15, 0.2) is 0 Å². The molecule has 26 heavy (non-hydrogen) atoms. The van der Waals surface area contributed by atoms with Gasteiger partial charge in [0.2, 0.25) is 0 Å². The Kier molecular flexibility index (Phi) is 5.67. The summed E-state index contributed by atoms with van der Waals surface area (Å²) in [4.78, 5) is 36.3. The molecule has 0 spiro atoms. The maximum Gasteiger partial charge on any atom is 0.348 e. The van der Waals surface area contributed by atoms with Crippen molar-refractivity contribution < 1.29 is 23.8 Å². The Morgan fingerprint density at radius 2 is 2.00 bits per heavy atom. The summed E-state index contributed by atoms with van der Waals surface area (Å²) in [5.41, 5.74) is 0.801. The van der Waals surface area contributed by atoms with Gasteiger partial charge in [-0.3, -0.25) is 4.79 Å². The van der Waals surface area contributed by atoms with Gasteiger partial charge in [-0.25, -0.2) is 14.8 Å². The summed E-state index contributed by atoms with van der Waals surface area (Å²) in [6, 6.07) is 0. The van der Waals surface area contributed by atoms with E-state index >= 15 is 0 Å².